The summed E-state index contributed by atoms with van der Waals surface area (Å²) in [5.74, 6) is -1.37. The van der Waals surface area contributed by atoms with Crippen molar-refractivity contribution in [2.45, 2.75) is 13.3 Å². The Morgan fingerprint density at radius 2 is 2.00 bits per heavy atom. The first-order valence-electron chi connectivity index (χ1n) is 7.69. The van der Waals surface area contributed by atoms with E-state index in [0.29, 0.717) is 25.3 Å². The molecule has 1 aliphatic heterocycles. The number of rotatable bonds is 6. The standard InChI is InChI=1S/C16H23FN2O3/c1-2-10-22-11-9-18-5-7-19(8-6-18)16(21)13-3-4-14(17)15(20)12-13/h3-4,12,20H,2,5-11H2,1H3. The summed E-state index contributed by atoms with van der Waals surface area (Å²) in [6, 6.07) is 3.70. The number of hydrogen-bond acceptors (Lipinski definition) is 4. The van der Waals surface area contributed by atoms with E-state index in [4.69, 9.17) is 4.74 Å². The van der Waals surface area contributed by atoms with Crippen molar-refractivity contribution in [1.29, 1.82) is 0 Å². The van der Waals surface area contributed by atoms with Crippen LogP contribution in [-0.4, -0.2) is 66.8 Å². The van der Waals surface area contributed by atoms with Gasteiger partial charge in [-0.25, -0.2) is 4.39 Å². The van der Waals surface area contributed by atoms with E-state index in [1.807, 2.05) is 0 Å². The topological polar surface area (TPSA) is 53.0 Å². The Morgan fingerprint density at radius 1 is 1.27 bits per heavy atom. The fraction of sp³-hybridized carbons (Fsp3) is 0.562. The minimum absolute atomic E-state index is 0.169. The molecular formula is C16H23FN2O3. The summed E-state index contributed by atoms with van der Waals surface area (Å²) in [6.07, 6.45) is 1.02. The fourth-order valence-corrected chi connectivity index (χ4v) is 2.44. The Balaban J connectivity index is 1.80. The molecule has 1 aromatic rings. The van der Waals surface area contributed by atoms with E-state index in [1.165, 1.54) is 12.1 Å². The molecule has 0 unspecified atom stereocenters. The highest BCUT2D eigenvalue weighted by Crippen LogP contribution is 2.18. The second-order valence-corrected chi connectivity index (χ2v) is 5.41. The zero-order chi connectivity index (χ0) is 15.9. The summed E-state index contributed by atoms with van der Waals surface area (Å²) in [7, 11) is 0. The van der Waals surface area contributed by atoms with Gasteiger partial charge in [-0.2, -0.15) is 0 Å². The highest BCUT2D eigenvalue weighted by atomic mass is 19.1. The van der Waals surface area contributed by atoms with Crippen LogP contribution in [0.25, 0.3) is 0 Å². The number of amides is 1. The largest absolute Gasteiger partial charge is 0.505 e. The molecule has 1 saturated heterocycles. The van der Waals surface area contributed by atoms with Crippen molar-refractivity contribution in [2.24, 2.45) is 0 Å². The molecule has 0 aliphatic carbocycles. The Labute approximate surface area is 130 Å². The average Bonchev–Trinajstić information content (AvgIpc) is 2.54. The average molecular weight is 310 g/mol. The lowest BCUT2D eigenvalue weighted by molar-refractivity contribution is 0.0552. The van der Waals surface area contributed by atoms with Crippen LogP contribution < -0.4 is 0 Å². The second kappa shape index (κ2) is 8.10. The highest BCUT2D eigenvalue weighted by molar-refractivity contribution is 5.94. The predicted molar refractivity (Wildman–Crippen MR) is 81.5 cm³/mol. The van der Waals surface area contributed by atoms with E-state index in [9.17, 15) is 14.3 Å². The summed E-state index contributed by atoms with van der Waals surface area (Å²) < 4.78 is 18.5. The number of carbonyl (C=O) groups excluding carboxylic acids is 1. The number of phenols is 1. The first kappa shape index (κ1) is 16.7. The van der Waals surface area contributed by atoms with E-state index >= 15 is 0 Å². The van der Waals surface area contributed by atoms with Crippen LogP contribution in [0.15, 0.2) is 18.2 Å². The third-order valence-electron chi connectivity index (χ3n) is 3.75. The smallest absolute Gasteiger partial charge is 0.254 e. The lowest BCUT2D eigenvalue weighted by atomic mass is 10.1. The molecule has 1 heterocycles. The molecule has 0 aromatic heterocycles. The molecule has 0 bridgehead atoms. The molecule has 22 heavy (non-hydrogen) atoms. The molecule has 1 amide bonds. The molecule has 1 aliphatic rings. The van der Waals surface area contributed by atoms with Crippen LogP contribution in [0.4, 0.5) is 4.39 Å². The number of nitrogens with zero attached hydrogens (tertiary/aromatic N) is 2. The SMILES string of the molecule is CCCOCCN1CCN(C(=O)c2ccc(F)c(O)c2)CC1. The molecular weight excluding hydrogens is 287 g/mol. The van der Waals surface area contributed by atoms with Crippen LogP contribution in [0.2, 0.25) is 0 Å². The molecule has 2 rings (SSSR count). The minimum Gasteiger partial charge on any atom is -0.505 e. The molecule has 1 N–H and O–H groups in total. The van der Waals surface area contributed by atoms with Crippen molar-refractivity contribution >= 4 is 5.91 Å². The number of halogens is 1. The van der Waals surface area contributed by atoms with Crippen molar-refractivity contribution in [3.8, 4) is 5.75 Å². The third-order valence-corrected chi connectivity index (χ3v) is 3.75. The number of ether oxygens (including phenoxy) is 1. The van der Waals surface area contributed by atoms with Gasteiger partial charge in [-0.05, 0) is 24.6 Å². The highest BCUT2D eigenvalue weighted by Gasteiger charge is 2.22. The number of aromatic hydroxyl groups is 1. The van der Waals surface area contributed by atoms with E-state index in [0.717, 1.165) is 38.7 Å². The van der Waals surface area contributed by atoms with E-state index in [-0.39, 0.29) is 5.91 Å². The van der Waals surface area contributed by atoms with Gasteiger partial charge in [0, 0.05) is 44.9 Å². The Morgan fingerprint density at radius 3 is 2.64 bits per heavy atom. The molecule has 1 aromatic carbocycles. The maximum absolute atomic E-state index is 13.0. The number of carbonyl (C=O) groups is 1. The van der Waals surface area contributed by atoms with E-state index in [2.05, 4.69) is 11.8 Å². The number of phenolic OH excluding ortho intramolecular Hbond substituents is 1. The molecule has 0 atom stereocenters. The number of hydrogen-bond donors (Lipinski definition) is 1. The summed E-state index contributed by atoms with van der Waals surface area (Å²) in [6.45, 7) is 7.31. The first-order valence-corrected chi connectivity index (χ1v) is 7.69. The lowest BCUT2D eigenvalue weighted by Crippen LogP contribution is -2.49. The molecule has 1 fully saturated rings. The van der Waals surface area contributed by atoms with Gasteiger partial charge in [0.05, 0.1) is 6.61 Å². The van der Waals surface area contributed by atoms with Crippen molar-refractivity contribution in [3.05, 3.63) is 29.6 Å². The van der Waals surface area contributed by atoms with Crippen LogP contribution in [0.5, 0.6) is 5.75 Å². The molecule has 0 spiro atoms. The predicted octanol–water partition coefficient (Wildman–Crippen LogP) is 1.72. The first-order chi connectivity index (χ1) is 10.6. The lowest BCUT2D eigenvalue weighted by Gasteiger charge is -2.34. The van der Waals surface area contributed by atoms with Crippen LogP contribution in [-0.2, 0) is 4.74 Å². The zero-order valence-corrected chi connectivity index (χ0v) is 12.9. The van der Waals surface area contributed by atoms with E-state index in [1.54, 1.807) is 4.90 Å². The van der Waals surface area contributed by atoms with Gasteiger partial charge in [0.25, 0.3) is 5.91 Å². The molecule has 6 heteroatoms. The van der Waals surface area contributed by atoms with Gasteiger partial charge in [0.1, 0.15) is 0 Å². The quantitative estimate of drug-likeness (QED) is 0.813. The van der Waals surface area contributed by atoms with Crippen molar-refractivity contribution in [2.75, 3.05) is 45.9 Å². The van der Waals surface area contributed by atoms with Crippen LogP contribution >= 0.6 is 0 Å². The second-order valence-electron chi connectivity index (χ2n) is 5.41. The van der Waals surface area contributed by atoms with Crippen LogP contribution in [0.3, 0.4) is 0 Å². The Kier molecular flexibility index (Phi) is 6.15. The number of piperazine rings is 1. The Bertz CT molecular complexity index is 502. The van der Waals surface area contributed by atoms with Gasteiger partial charge >= 0.3 is 0 Å². The van der Waals surface area contributed by atoms with Crippen molar-refractivity contribution < 1.29 is 19.0 Å². The van der Waals surface area contributed by atoms with Crippen molar-refractivity contribution in [3.63, 3.8) is 0 Å². The summed E-state index contributed by atoms with van der Waals surface area (Å²) in [5.41, 5.74) is 0.318. The van der Waals surface area contributed by atoms with E-state index < -0.39 is 11.6 Å². The maximum atomic E-state index is 13.0. The monoisotopic (exact) mass is 310 g/mol. The van der Waals surface area contributed by atoms with Gasteiger partial charge in [0.2, 0.25) is 0 Å². The van der Waals surface area contributed by atoms with Gasteiger partial charge in [-0.15, -0.1) is 0 Å². The van der Waals surface area contributed by atoms with Gasteiger partial charge in [0.15, 0.2) is 11.6 Å². The number of benzene rings is 1. The van der Waals surface area contributed by atoms with Crippen LogP contribution in [0.1, 0.15) is 23.7 Å². The van der Waals surface area contributed by atoms with Gasteiger partial charge < -0.3 is 14.7 Å². The molecule has 122 valence electrons. The van der Waals surface area contributed by atoms with Crippen LogP contribution in [0, 0.1) is 5.82 Å². The maximum Gasteiger partial charge on any atom is 0.254 e. The van der Waals surface area contributed by atoms with Gasteiger partial charge in [-0.3, -0.25) is 9.69 Å². The normalized spacial score (nSPS) is 16.0. The Hall–Kier alpha value is -1.66. The van der Waals surface area contributed by atoms with Crippen molar-refractivity contribution in [1.82, 2.24) is 9.80 Å². The fourth-order valence-electron chi connectivity index (χ4n) is 2.44. The summed E-state index contributed by atoms with van der Waals surface area (Å²) in [5, 5.41) is 9.36. The molecule has 5 nitrogen and oxygen atoms in total. The molecule has 0 radical (unpaired) electrons. The zero-order valence-electron chi connectivity index (χ0n) is 12.9. The van der Waals surface area contributed by atoms with Gasteiger partial charge in [-0.1, -0.05) is 6.92 Å². The summed E-state index contributed by atoms with van der Waals surface area (Å²) in [4.78, 5) is 16.3. The summed E-state index contributed by atoms with van der Waals surface area (Å²) >= 11 is 0. The molecule has 0 saturated carbocycles. The minimum atomic E-state index is -0.714. The third kappa shape index (κ3) is 4.42.